The molecule has 0 aliphatic rings. The van der Waals surface area contributed by atoms with Gasteiger partial charge in [0.05, 0.1) is 17.8 Å². The molecular weight excluding hydrogens is 356 g/mol. The average Bonchev–Trinajstić information content (AvgIpc) is 2.76. The molecule has 0 saturated carbocycles. The zero-order valence-corrected chi connectivity index (χ0v) is 19.0. The molecule has 1 aromatic rings. The summed E-state index contributed by atoms with van der Waals surface area (Å²) in [6.07, 6.45) is 0.434. The number of aryl methyl sites for hydroxylation is 2. The Hall–Kier alpha value is -2.25. The first-order valence-electron chi connectivity index (χ1n) is 9.87. The van der Waals surface area contributed by atoms with Crippen LogP contribution in [0.4, 0.5) is 4.79 Å². The second kappa shape index (κ2) is 9.80. The van der Waals surface area contributed by atoms with Crippen LogP contribution in [0.1, 0.15) is 58.5 Å². The van der Waals surface area contributed by atoms with E-state index in [4.69, 9.17) is 4.74 Å². The minimum atomic E-state index is -0.527. The fourth-order valence-corrected chi connectivity index (χ4v) is 2.72. The standard InChI is InChI=1S/C20H38N6O2/c1-10-21-17(22-12-11-16-14(2)25-26(9)15(16)3)23-13-20(7,8)24-18(27)28-19(4,5)6/h10-13H2,1-9H3,(H,24,27)(H2,21,22,23). The molecule has 3 N–H and O–H groups in total. The summed E-state index contributed by atoms with van der Waals surface area (Å²) in [5.41, 5.74) is 2.46. The molecule has 0 saturated heterocycles. The summed E-state index contributed by atoms with van der Waals surface area (Å²) < 4.78 is 7.24. The summed E-state index contributed by atoms with van der Waals surface area (Å²) in [6.45, 7) is 17.5. The predicted molar refractivity (Wildman–Crippen MR) is 114 cm³/mol. The van der Waals surface area contributed by atoms with E-state index in [1.54, 1.807) is 0 Å². The third-order valence-corrected chi connectivity index (χ3v) is 4.14. The quantitative estimate of drug-likeness (QED) is 0.488. The number of ether oxygens (including phenoxy) is 1. The van der Waals surface area contributed by atoms with Crippen LogP contribution < -0.4 is 16.0 Å². The monoisotopic (exact) mass is 394 g/mol. The van der Waals surface area contributed by atoms with Gasteiger partial charge in [0.25, 0.3) is 0 Å². The van der Waals surface area contributed by atoms with Gasteiger partial charge in [-0.05, 0) is 67.4 Å². The van der Waals surface area contributed by atoms with Gasteiger partial charge in [-0.3, -0.25) is 9.67 Å². The normalized spacial score (nSPS) is 12.7. The highest BCUT2D eigenvalue weighted by molar-refractivity contribution is 5.79. The summed E-state index contributed by atoms with van der Waals surface area (Å²) in [7, 11) is 1.96. The van der Waals surface area contributed by atoms with Crippen molar-refractivity contribution >= 4 is 12.1 Å². The summed E-state index contributed by atoms with van der Waals surface area (Å²) in [4.78, 5) is 16.6. The highest BCUT2D eigenvalue weighted by Gasteiger charge is 2.24. The molecule has 8 heteroatoms. The van der Waals surface area contributed by atoms with Crippen molar-refractivity contribution in [2.45, 2.75) is 73.0 Å². The Morgan fingerprint density at radius 2 is 1.82 bits per heavy atom. The topological polar surface area (TPSA) is 92.6 Å². The molecule has 0 spiro atoms. The Kier molecular flexibility index (Phi) is 8.32. The zero-order chi connectivity index (χ0) is 21.5. The van der Waals surface area contributed by atoms with Crippen molar-refractivity contribution in [2.24, 2.45) is 12.0 Å². The van der Waals surface area contributed by atoms with Crippen LogP contribution in [0.3, 0.4) is 0 Å². The number of nitrogens with zero attached hydrogens (tertiary/aromatic N) is 3. The van der Waals surface area contributed by atoms with Crippen LogP contribution in [0.15, 0.2) is 4.99 Å². The second-order valence-corrected chi connectivity index (χ2v) is 8.66. The number of hydrogen-bond donors (Lipinski definition) is 3. The number of alkyl carbamates (subject to hydrolysis) is 1. The van der Waals surface area contributed by atoms with Gasteiger partial charge in [-0.25, -0.2) is 4.79 Å². The number of rotatable bonds is 7. The van der Waals surface area contributed by atoms with E-state index in [0.717, 1.165) is 31.2 Å². The van der Waals surface area contributed by atoms with E-state index < -0.39 is 17.2 Å². The number of guanidine groups is 1. The van der Waals surface area contributed by atoms with Gasteiger partial charge in [-0.2, -0.15) is 5.10 Å². The van der Waals surface area contributed by atoms with Gasteiger partial charge in [-0.15, -0.1) is 0 Å². The molecule has 0 radical (unpaired) electrons. The van der Waals surface area contributed by atoms with E-state index in [1.165, 1.54) is 11.3 Å². The summed E-state index contributed by atoms with van der Waals surface area (Å²) in [6, 6.07) is 0. The van der Waals surface area contributed by atoms with Crippen molar-refractivity contribution < 1.29 is 9.53 Å². The lowest BCUT2D eigenvalue weighted by Gasteiger charge is -2.27. The maximum Gasteiger partial charge on any atom is 0.408 e. The first kappa shape index (κ1) is 23.8. The zero-order valence-electron chi connectivity index (χ0n) is 19.0. The van der Waals surface area contributed by atoms with Gasteiger partial charge in [0.15, 0.2) is 5.96 Å². The smallest absolute Gasteiger partial charge is 0.408 e. The van der Waals surface area contributed by atoms with Crippen LogP contribution in [0.25, 0.3) is 0 Å². The van der Waals surface area contributed by atoms with Gasteiger partial charge in [-0.1, -0.05) is 0 Å². The third-order valence-electron chi connectivity index (χ3n) is 4.14. The molecule has 28 heavy (non-hydrogen) atoms. The number of hydrogen-bond acceptors (Lipinski definition) is 4. The van der Waals surface area contributed by atoms with Gasteiger partial charge in [0.1, 0.15) is 5.60 Å². The Morgan fingerprint density at radius 1 is 1.18 bits per heavy atom. The molecule has 0 unspecified atom stereocenters. The van der Waals surface area contributed by atoms with E-state index in [-0.39, 0.29) is 0 Å². The Labute approximate surface area is 169 Å². The van der Waals surface area contributed by atoms with Crippen molar-refractivity contribution in [3.8, 4) is 0 Å². The van der Waals surface area contributed by atoms with Crippen LogP contribution in [-0.4, -0.2) is 52.6 Å². The molecule has 0 fully saturated rings. The Morgan fingerprint density at radius 3 is 2.32 bits per heavy atom. The molecule has 1 heterocycles. The molecule has 0 atom stereocenters. The molecule has 160 valence electrons. The predicted octanol–water partition coefficient (Wildman–Crippen LogP) is 2.44. The molecule has 0 bridgehead atoms. The fraction of sp³-hybridized carbons (Fsp3) is 0.750. The van der Waals surface area contributed by atoms with Crippen molar-refractivity contribution in [3.63, 3.8) is 0 Å². The van der Waals surface area contributed by atoms with Crippen LogP contribution in [-0.2, 0) is 18.2 Å². The van der Waals surface area contributed by atoms with Gasteiger partial charge in [0, 0.05) is 25.8 Å². The lowest BCUT2D eigenvalue weighted by atomic mass is 10.1. The van der Waals surface area contributed by atoms with Crippen LogP contribution in [0.2, 0.25) is 0 Å². The van der Waals surface area contributed by atoms with Gasteiger partial charge < -0.3 is 20.7 Å². The van der Waals surface area contributed by atoms with Crippen molar-refractivity contribution in [1.82, 2.24) is 25.7 Å². The molecule has 1 amide bonds. The molecule has 1 rings (SSSR count). The van der Waals surface area contributed by atoms with Crippen molar-refractivity contribution in [2.75, 3.05) is 19.6 Å². The largest absolute Gasteiger partial charge is 0.444 e. The SMILES string of the molecule is CCNC(=NCC(C)(C)NC(=O)OC(C)(C)C)NCCc1c(C)nn(C)c1C. The maximum absolute atomic E-state index is 12.0. The van der Waals surface area contributed by atoms with Gasteiger partial charge >= 0.3 is 6.09 Å². The summed E-state index contributed by atoms with van der Waals surface area (Å²) in [5.74, 6) is 0.723. The molecule has 0 aromatic carbocycles. The highest BCUT2D eigenvalue weighted by Crippen LogP contribution is 2.12. The lowest BCUT2D eigenvalue weighted by Crippen LogP contribution is -2.49. The Bertz CT molecular complexity index is 686. The van der Waals surface area contributed by atoms with Crippen molar-refractivity contribution in [3.05, 3.63) is 17.0 Å². The lowest BCUT2D eigenvalue weighted by molar-refractivity contribution is 0.0476. The maximum atomic E-state index is 12.0. The second-order valence-electron chi connectivity index (χ2n) is 8.66. The molecular formula is C20H38N6O2. The number of nitrogens with one attached hydrogen (secondary N) is 3. The number of carbonyl (C=O) groups is 1. The minimum absolute atomic E-state index is 0.423. The minimum Gasteiger partial charge on any atom is -0.444 e. The number of aliphatic imine (C=N–C) groups is 1. The highest BCUT2D eigenvalue weighted by atomic mass is 16.6. The molecule has 0 aliphatic heterocycles. The van der Waals surface area contributed by atoms with Crippen LogP contribution in [0.5, 0.6) is 0 Å². The summed E-state index contributed by atoms with van der Waals surface area (Å²) in [5, 5.41) is 13.9. The number of aromatic nitrogens is 2. The molecule has 0 aliphatic carbocycles. The van der Waals surface area contributed by atoms with E-state index in [9.17, 15) is 4.79 Å². The Balaban J connectivity index is 2.63. The van der Waals surface area contributed by atoms with Crippen LogP contribution >= 0.6 is 0 Å². The molecule has 1 aromatic heterocycles. The number of carbonyl (C=O) groups excluding carboxylic acids is 1. The van der Waals surface area contributed by atoms with E-state index >= 15 is 0 Å². The molecule has 8 nitrogen and oxygen atoms in total. The first-order valence-corrected chi connectivity index (χ1v) is 9.87. The third kappa shape index (κ3) is 8.19. The fourth-order valence-electron chi connectivity index (χ4n) is 2.72. The first-order chi connectivity index (χ1) is 12.8. The van der Waals surface area contributed by atoms with E-state index in [2.05, 4.69) is 33.0 Å². The average molecular weight is 395 g/mol. The van der Waals surface area contributed by atoms with E-state index in [1.807, 2.05) is 60.2 Å². The summed E-state index contributed by atoms with van der Waals surface area (Å²) >= 11 is 0. The van der Waals surface area contributed by atoms with Crippen molar-refractivity contribution in [1.29, 1.82) is 0 Å². The van der Waals surface area contributed by atoms with Gasteiger partial charge in [0.2, 0.25) is 0 Å². The number of amides is 1. The van der Waals surface area contributed by atoms with Crippen LogP contribution in [0, 0.1) is 13.8 Å². The van der Waals surface area contributed by atoms with E-state index in [0.29, 0.717) is 6.54 Å².